The van der Waals surface area contributed by atoms with Crippen molar-refractivity contribution >= 4 is 5.91 Å². The number of carbonyl (C=O) groups excluding carboxylic acids is 1. The van der Waals surface area contributed by atoms with Crippen molar-refractivity contribution in [3.8, 4) is 0 Å². The Labute approximate surface area is 128 Å². The zero-order valence-corrected chi connectivity index (χ0v) is 13.6. The van der Waals surface area contributed by atoms with Crippen LogP contribution >= 0.6 is 0 Å². The first kappa shape index (κ1) is 14.0. The monoisotopic (exact) mass is 290 g/mol. The third-order valence-electron chi connectivity index (χ3n) is 6.54. The van der Waals surface area contributed by atoms with Gasteiger partial charge >= 0.3 is 0 Å². The van der Waals surface area contributed by atoms with Crippen LogP contribution in [-0.4, -0.2) is 24.5 Å². The summed E-state index contributed by atoms with van der Waals surface area (Å²) in [7, 11) is 0. The Morgan fingerprint density at radius 3 is 2.29 bits per heavy atom. The quantitative estimate of drug-likeness (QED) is 0.817. The van der Waals surface area contributed by atoms with E-state index in [-0.39, 0.29) is 11.4 Å². The molecule has 5 aliphatic rings. The van der Waals surface area contributed by atoms with Crippen LogP contribution < -0.4 is 10.6 Å². The number of rotatable bonds is 5. The number of carbonyl (C=O) groups is 1. The predicted octanol–water partition coefficient (Wildman–Crippen LogP) is 2.85. The van der Waals surface area contributed by atoms with Crippen molar-refractivity contribution in [1.29, 1.82) is 0 Å². The summed E-state index contributed by atoms with van der Waals surface area (Å²) in [5, 5.41) is 6.80. The lowest BCUT2D eigenvalue weighted by molar-refractivity contribution is -0.129. The van der Waals surface area contributed by atoms with Gasteiger partial charge < -0.3 is 10.6 Å². The molecule has 0 saturated heterocycles. The van der Waals surface area contributed by atoms with Gasteiger partial charge in [0.25, 0.3) is 0 Å². The average molecular weight is 290 g/mol. The Morgan fingerprint density at radius 2 is 1.71 bits per heavy atom. The SMILES string of the molecule is CC12CC3CC(C)(C1)CC(NCC(=O)NCC1CC1)(C3)C2. The third-order valence-corrected chi connectivity index (χ3v) is 6.54. The molecule has 2 atom stereocenters. The van der Waals surface area contributed by atoms with Crippen molar-refractivity contribution in [2.75, 3.05) is 13.1 Å². The smallest absolute Gasteiger partial charge is 0.233 e. The Kier molecular flexibility index (Phi) is 2.99. The molecule has 2 unspecified atom stereocenters. The molecule has 0 aliphatic heterocycles. The van der Waals surface area contributed by atoms with Gasteiger partial charge in [0.15, 0.2) is 0 Å². The van der Waals surface area contributed by atoms with Crippen molar-refractivity contribution in [3.63, 3.8) is 0 Å². The van der Waals surface area contributed by atoms with Gasteiger partial charge in [-0.3, -0.25) is 4.79 Å². The number of nitrogens with one attached hydrogen (secondary N) is 2. The summed E-state index contributed by atoms with van der Waals surface area (Å²) in [5.41, 5.74) is 1.29. The van der Waals surface area contributed by atoms with E-state index < -0.39 is 0 Å². The van der Waals surface area contributed by atoms with Gasteiger partial charge in [-0.1, -0.05) is 13.8 Å². The zero-order valence-electron chi connectivity index (χ0n) is 13.6. The lowest BCUT2D eigenvalue weighted by Crippen LogP contribution is -2.65. The molecule has 5 saturated carbocycles. The van der Waals surface area contributed by atoms with Crippen molar-refractivity contribution in [2.24, 2.45) is 22.7 Å². The van der Waals surface area contributed by atoms with Crippen LogP contribution in [0.5, 0.6) is 0 Å². The highest BCUT2D eigenvalue weighted by molar-refractivity contribution is 5.78. The van der Waals surface area contributed by atoms with Gasteiger partial charge in [0.05, 0.1) is 6.54 Å². The van der Waals surface area contributed by atoms with Gasteiger partial charge in [0, 0.05) is 12.1 Å². The maximum atomic E-state index is 12.1. The van der Waals surface area contributed by atoms with Gasteiger partial charge in [-0.25, -0.2) is 0 Å². The van der Waals surface area contributed by atoms with Crippen molar-refractivity contribution in [2.45, 2.75) is 70.8 Å². The van der Waals surface area contributed by atoms with Crippen LogP contribution in [0.1, 0.15) is 65.2 Å². The summed E-state index contributed by atoms with van der Waals surface area (Å²) in [6.07, 6.45) is 10.7. The van der Waals surface area contributed by atoms with Gasteiger partial charge in [-0.05, 0) is 74.0 Å². The molecular weight excluding hydrogens is 260 g/mol. The normalized spacial score (nSPS) is 47.6. The number of hydrogen-bond acceptors (Lipinski definition) is 2. The van der Waals surface area contributed by atoms with E-state index in [2.05, 4.69) is 24.5 Å². The second kappa shape index (κ2) is 4.47. The average Bonchev–Trinajstić information content (AvgIpc) is 3.13. The van der Waals surface area contributed by atoms with Crippen molar-refractivity contribution < 1.29 is 4.79 Å². The second-order valence-corrected chi connectivity index (χ2v) is 9.51. The molecule has 5 fully saturated rings. The fourth-order valence-corrected chi connectivity index (χ4v) is 6.56. The molecule has 21 heavy (non-hydrogen) atoms. The molecule has 0 heterocycles. The van der Waals surface area contributed by atoms with Gasteiger partial charge in [-0.15, -0.1) is 0 Å². The summed E-state index contributed by atoms with van der Waals surface area (Å²) in [4.78, 5) is 12.1. The highest BCUT2D eigenvalue weighted by Crippen LogP contribution is 2.66. The minimum Gasteiger partial charge on any atom is -0.355 e. The first-order chi connectivity index (χ1) is 9.88. The molecule has 0 aromatic rings. The van der Waals surface area contributed by atoms with Crippen LogP contribution in [0.25, 0.3) is 0 Å². The first-order valence-electron chi connectivity index (χ1n) is 8.90. The van der Waals surface area contributed by atoms with Crippen LogP contribution in [0.3, 0.4) is 0 Å². The minimum absolute atomic E-state index is 0.202. The molecule has 3 nitrogen and oxygen atoms in total. The molecule has 118 valence electrons. The first-order valence-corrected chi connectivity index (χ1v) is 8.90. The van der Waals surface area contributed by atoms with E-state index in [9.17, 15) is 4.79 Å². The fourth-order valence-electron chi connectivity index (χ4n) is 6.56. The van der Waals surface area contributed by atoms with E-state index >= 15 is 0 Å². The predicted molar refractivity (Wildman–Crippen MR) is 83.9 cm³/mol. The highest BCUT2D eigenvalue weighted by atomic mass is 16.1. The molecule has 0 radical (unpaired) electrons. The summed E-state index contributed by atoms with van der Waals surface area (Å²) in [5.74, 6) is 1.86. The maximum absolute atomic E-state index is 12.1. The Morgan fingerprint density at radius 1 is 1.05 bits per heavy atom. The van der Waals surface area contributed by atoms with Gasteiger partial charge in [0.2, 0.25) is 5.91 Å². The van der Waals surface area contributed by atoms with E-state index in [0.29, 0.717) is 17.4 Å². The lowest BCUT2D eigenvalue weighted by atomic mass is 9.43. The molecule has 4 bridgehead atoms. The standard InChI is InChI=1S/C18H30N2O/c1-16-5-14-6-17(2,10-16)12-18(7-14,11-16)20-9-15(21)19-8-13-3-4-13/h13-14,20H,3-12H2,1-2H3,(H,19,21). The molecule has 5 rings (SSSR count). The van der Waals surface area contributed by atoms with E-state index in [4.69, 9.17) is 0 Å². The van der Waals surface area contributed by atoms with Crippen LogP contribution in [-0.2, 0) is 4.79 Å². The van der Waals surface area contributed by atoms with Crippen LogP contribution in [0.4, 0.5) is 0 Å². The molecule has 1 amide bonds. The van der Waals surface area contributed by atoms with Gasteiger partial charge in [-0.2, -0.15) is 0 Å². The summed E-state index contributed by atoms with van der Waals surface area (Å²) >= 11 is 0. The summed E-state index contributed by atoms with van der Waals surface area (Å²) in [6.45, 7) is 6.38. The Balaban J connectivity index is 1.38. The van der Waals surface area contributed by atoms with E-state index in [1.165, 1.54) is 51.4 Å². The number of hydrogen-bond donors (Lipinski definition) is 2. The molecule has 0 spiro atoms. The third kappa shape index (κ3) is 2.74. The summed E-state index contributed by atoms with van der Waals surface area (Å²) < 4.78 is 0. The summed E-state index contributed by atoms with van der Waals surface area (Å²) in [6, 6.07) is 0. The topological polar surface area (TPSA) is 41.1 Å². The number of amides is 1. The highest BCUT2D eigenvalue weighted by Gasteiger charge is 2.59. The lowest BCUT2D eigenvalue weighted by Gasteiger charge is -2.65. The molecule has 0 aromatic heterocycles. The Hall–Kier alpha value is -0.570. The zero-order chi connectivity index (χ0) is 14.7. The van der Waals surface area contributed by atoms with E-state index in [0.717, 1.165) is 18.4 Å². The molecule has 5 aliphatic carbocycles. The maximum Gasteiger partial charge on any atom is 0.233 e. The largest absolute Gasteiger partial charge is 0.355 e. The molecule has 0 aromatic carbocycles. The fraction of sp³-hybridized carbons (Fsp3) is 0.944. The van der Waals surface area contributed by atoms with Crippen molar-refractivity contribution in [3.05, 3.63) is 0 Å². The molecular formula is C18H30N2O. The van der Waals surface area contributed by atoms with E-state index in [1.807, 2.05) is 0 Å². The van der Waals surface area contributed by atoms with Gasteiger partial charge in [0.1, 0.15) is 0 Å². The van der Waals surface area contributed by atoms with Crippen molar-refractivity contribution in [1.82, 2.24) is 10.6 Å². The van der Waals surface area contributed by atoms with Crippen LogP contribution in [0.2, 0.25) is 0 Å². The Bertz CT molecular complexity index is 438. The molecule has 2 N–H and O–H groups in total. The van der Waals surface area contributed by atoms with E-state index in [1.54, 1.807) is 0 Å². The van der Waals surface area contributed by atoms with Crippen LogP contribution in [0.15, 0.2) is 0 Å². The van der Waals surface area contributed by atoms with Crippen LogP contribution in [0, 0.1) is 22.7 Å². The second-order valence-electron chi connectivity index (χ2n) is 9.51. The molecule has 3 heteroatoms. The minimum atomic E-state index is 0.202.